The van der Waals surface area contributed by atoms with Gasteiger partial charge in [0.25, 0.3) is 5.69 Å². The minimum absolute atomic E-state index is 0.0729. The number of nitrogens with zero attached hydrogens (tertiary/aromatic N) is 2. The lowest BCUT2D eigenvalue weighted by atomic mass is 9.85. The van der Waals surface area contributed by atoms with E-state index in [9.17, 15) is 19.7 Å². The maximum absolute atomic E-state index is 12.7. The monoisotopic (exact) mass is 298 g/mol. The molecule has 22 heavy (non-hydrogen) atoms. The molecule has 4 atom stereocenters. The quantitative estimate of drug-likeness (QED) is 0.363. The summed E-state index contributed by atoms with van der Waals surface area (Å²) in [4.78, 5) is 37.0. The second kappa shape index (κ2) is 4.25. The molecular weight excluding hydrogens is 284 g/mol. The molecule has 1 heterocycles. The van der Waals surface area contributed by atoms with Crippen LogP contribution >= 0.6 is 0 Å². The van der Waals surface area contributed by atoms with Crippen molar-refractivity contribution < 1.29 is 14.5 Å². The fourth-order valence-corrected chi connectivity index (χ4v) is 4.09. The van der Waals surface area contributed by atoms with Gasteiger partial charge in [-0.15, -0.1) is 0 Å². The molecule has 6 nitrogen and oxygen atoms in total. The van der Waals surface area contributed by atoms with Crippen molar-refractivity contribution in [3.8, 4) is 0 Å². The number of nitro groups is 1. The maximum Gasteiger partial charge on any atom is 0.274 e. The van der Waals surface area contributed by atoms with Gasteiger partial charge in [0.15, 0.2) is 0 Å². The number of fused-ring (bicyclic) bond motifs is 5. The molecule has 112 valence electrons. The van der Waals surface area contributed by atoms with Gasteiger partial charge in [0.2, 0.25) is 11.8 Å². The number of amides is 2. The van der Waals surface area contributed by atoms with E-state index in [0.29, 0.717) is 11.3 Å². The summed E-state index contributed by atoms with van der Waals surface area (Å²) in [6.45, 7) is 1.63. The predicted octanol–water partition coefficient (Wildman–Crippen LogP) is 2.21. The van der Waals surface area contributed by atoms with Crippen molar-refractivity contribution in [2.45, 2.75) is 13.3 Å². The average molecular weight is 298 g/mol. The standard InChI is InChI=1S/C16H14N2O4/c1-8-2-5-11(7-12(8)18(21)22)17-15(19)13-9-3-4-10(6-9)14(13)16(17)20/h2-5,7,9-10,13-14H,6H2,1H3/t9-,10-,13-,14-/m0/s1. The van der Waals surface area contributed by atoms with E-state index >= 15 is 0 Å². The Kier molecular flexibility index (Phi) is 2.55. The normalized spacial score (nSPS) is 32.0. The first-order valence-corrected chi connectivity index (χ1v) is 7.30. The summed E-state index contributed by atoms with van der Waals surface area (Å²) in [5, 5.41) is 11.1. The zero-order chi connectivity index (χ0) is 15.6. The second-order valence-electron chi connectivity index (χ2n) is 6.24. The summed E-state index contributed by atoms with van der Waals surface area (Å²) >= 11 is 0. The smallest absolute Gasteiger partial charge is 0.274 e. The van der Waals surface area contributed by atoms with Gasteiger partial charge in [-0.05, 0) is 31.2 Å². The molecule has 0 radical (unpaired) electrons. The first-order valence-electron chi connectivity index (χ1n) is 7.30. The van der Waals surface area contributed by atoms with Crippen molar-refractivity contribution in [3.63, 3.8) is 0 Å². The number of benzene rings is 1. The highest BCUT2D eigenvalue weighted by atomic mass is 16.6. The summed E-state index contributed by atoms with van der Waals surface area (Å²) in [6.07, 6.45) is 4.92. The molecule has 6 heteroatoms. The summed E-state index contributed by atoms with van der Waals surface area (Å²) in [5.74, 6) is -0.741. The van der Waals surface area contributed by atoms with E-state index in [0.717, 1.165) is 11.3 Å². The molecule has 2 amide bonds. The third-order valence-corrected chi connectivity index (χ3v) is 5.12. The van der Waals surface area contributed by atoms with Gasteiger partial charge in [-0.2, -0.15) is 0 Å². The summed E-state index contributed by atoms with van der Waals surface area (Å²) in [6, 6.07) is 4.50. The zero-order valence-electron chi connectivity index (χ0n) is 11.9. The Morgan fingerprint density at radius 1 is 1.14 bits per heavy atom. The van der Waals surface area contributed by atoms with Crippen molar-refractivity contribution in [1.82, 2.24) is 0 Å². The minimum atomic E-state index is -0.490. The number of allylic oxidation sites excluding steroid dienone is 2. The zero-order valence-corrected chi connectivity index (χ0v) is 11.9. The molecule has 0 spiro atoms. The fraction of sp³-hybridized carbons (Fsp3) is 0.375. The maximum atomic E-state index is 12.7. The first kappa shape index (κ1) is 13.2. The number of carbonyl (C=O) groups is 2. The van der Waals surface area contributed by atoms with E-state index in [-0.39, 0.29) is 41.2 Å². The van der Waals surface area contributed by atoms with Crippen LogP contribution in [0, 0.1) is 40.7 Å². The molecule has 1 aromatic rings. The molecule has 0 aromatic heterocycles. The number of imide groups is 1. The summed E-state index contributed by atoms with van der Waals surface area (Å²) in [7, 11) is 0. The number of anilines is 1. The van der Waals surface area contributed by atoms with Crippen LogP contribution < -0.4 is 4.90 Å². The number of hydrogen-bond donors (Lipinski definition) is 0. The van der Waals surface area contributed by atoms with Gasteiger partial charge in [-0.1, -0.05) is 18.2 Å². The molecule has 3 aliphatic rings. The van der Waals surface area contributed by atoms with Gasteiger partial charge >= 0.3 is 0 Å². The van der Waals surface area contributed by atoms with Crippen molar-refractivity contribution in [2.75, 3.05) is 4.90 Å². The molecule has 1 aromatic carbocycles. The Morgan fingerprint density at radius 2 is 1.73 bits per heavy atom. The highest BCUT2D eigenvalue weighted by Crippen LogP contribution is 2.53. The third-order valence-electron chi connectivity index (χ3n) is 5.12. The van der Waals surface area contributed by atoms with Gasteiger partial charge < -0.3 is 0 Å². The molecule has 1 saturated heterocycles. The van der Waals surface area contributed by atoms with Crippen LogP contribution in [0.4, 0.5) is 11.4 Å². The summed E-state index contributed by atoms with van der Waals surface area (Å²) < 4.78 is 0. The number of nitro benzene ring substituents is 1. The molecular formula is C16H14N2O4. The Balaban J connectivity index is 1.76. The SMILES string of the molecule is Cc1ccc(N2C(=O)[C@@H]3[C@@H](C2=O)[C@H]2C=C[C@H]3C2)cc1[N+](=O)[O-]. The topological polar surface area (TPSA) is 80.5 Å². The van der Waals surface area contributed by atoms with E-state index in [2.05, 4.69) is 0 Å². The number of aryl methyl sites for hydroxylation is 1. The van der Waals surface area contributed by atoms with Gasteiger partial charge in [-0.3, -0.25) is 19.7 Å². The number of hydrogen-bond acceptors (Lipinski definition) is 4. The fourth-order valence-electron chi connectivity index (χ4n) is 4.09. The summed E-state index contributed by atoms with van der Waals surface area (Å²) in [5.41, 5.74) is 0.743. The van der Waals surface area contributed by atoms with Gasteiger partial charge in [-0.25, -0.2) is 4.90 Å². The number of rotatable bonds is 2. The molecule has 1 saturated carbocycles. The molecule has 1 aliphatic heterocycles. The van der Waals surface area contributed by atoms with Crippen molar-refractivity contribution in [1.29, 1.82) is 0 Å². The van der Waals surface area contributed by atoms with Gasteiger partial charge in [0, 0.05) is 11.6 Å². The van der Waals surface area contributed by atoms with Crippen LogP contribution in [0.25, 0.3) is 0 Å². The Morgan fingerprint density at radius 3 is 2.27 bits per heavy atom. The van der Waals surface area contributed by atoms with E-state index in [1.54, 1.807) is 19.1 Å². The Labute approximate surface area is 126 Å². The third kappa shape index (κ3) is 1.55. The Bertz CT molecular complexity index is 725. The minimum Gasteiger partial charge on any atom is -0.274 e. The van der Waals surface area contributed by atoms with Crippen LogP contribution in [-0.4, -0.2) is 16.7 Å². The van der Waals surface area contributed by atoms with Gasteiger partial charge in [0.05, 0.1) is 22.4 Å². The predicted molar refractivity (Wildman–Crippen MR) is 78.0 cm³/mol. The molecule has 4 rings (SSSR count). The van der Waals surface area contributed by atoms with E-state index < -0.39 is 4.92 Å². The van der Waals surface area contributed by atoms with Crippen LogP contribution in [0.15, 0.2) is 30.4 Å². The lowest BCUT2D eigenvalue weighted by Gasteiger charge is -2.17. The lowest BCUT2D eigenvalue weighted by molar-refractivity contribution is -0.385. The van der Waals surface area contributed by atoms with E-state index in [4.69, 9.17) is 0 Å². The molecule has 2 fully saturated rings. The highest BCUT2D eigenvalue weighted by Gasteiger charge is 2.59. The number of carbonyl (C=O) groups excluding carboxylic acids is 2. The van der Waals surface area contributed by atoms with Crippen LogP contribution in [0.3, 0.4) is 0 Å². The second-order valence-corrected chi connectivity index (χ2v) is 6.24. The van der Waals surface area contributed by atoms with E-state index in [1.165, 1.54) is 6.07 Å². The van der Waals surface area contributed by atoms with Crippen LogP contribution in [0.2, 0.25) is 0 Å². The molecule has 2 bridgehead atoms. The first-order chi connectivity index (χ1) is 10.5. The highest BCUT2D eigenvalue weighted by molar-refractivity contribution is 6.22. The molecule has 2 aliphatic carbocycles. The van der Waals surface area contributed by atoms with Crippen molar-refractivity contribution >= 4 is 23.2 Å². The van der Waals surface area contributed by atoms with Crippen LogP contribution in [0.5, 0.6) is 0 Å². The van der Waals surface area contributed by atoms with E-state index in [1.807, 2.05) is 12.2 Å². The molecule has 0 unspecified atom stereocenters. The molecule has 0 N–H and O–H groups in total. The Hall–Kier alpha value is -2.50. The van der Waals surface area contributed by atoms with Crippen LogP contribution in [0.1, 0.15) is 12.0 Å². The van der Waals surface area contributed by atoms with Gasteiger partial charge in [0.1, 0.15) is 0 Å². The average Bonchev–Trinajstić information content (AvgIpc) is 3.14. The van der Waals surface area contributed by atoms with Crippen molar-refractivity contribution in [3.05, 3.63) is 46.0 Å². The lowest BCUT2D eigenvalue weighted by Crippen LogP contribution is -2.32. The van der Waals surface area contributed by atoms with Crippen LogP contribution in [-0.2, 0) is 9.59 Å². The largest absolute Gasteiger partial charge is 0.274 e. The van der Waals surface area contributed by atoms with Crippen molar-refractivity contribution in [2.24, 2.45) is 23.7 Å².